The van der Waals surface area contributed by atoms with Crippen LogP contribution >= 0.6 is 11.6 Å². The highest BCUT2D eigenvalue weighted by Gasteiger charge is 2.42. The van der Waals surface area contributed by atoms with Crippen LogP contribution in [0.4, 0.5) is 4.39 Å². The molecule has 0 spiro atoms. The van der Waals surface area contributed by atoms with Crippen molar-refractivity contribution in [1.82, 2.24) is 20.3 Å². The summed E-state index contributed by atoms with van der Waals surface area (Å²) in [5.74, 6) is -0.363. The molecule has 9 heteroatoms. The molecule has 0 saturated carbocycles. The fourth-order valence-corrected chi connectivity index (χ4v) is 5.42. The smallest absolute Gasteiger partial charge is 0.290 e. The first-order valence-corrected chi connectivity index (χ1v) is 12.1. The highest BCUT2D eigenvalue weighted by Crippen LogP contribution is 2.33. The van der Waals surface area contributed by atoms with Crippen molar-refractivity contribution in [3.8, 4) is 0 Å². The van der Waals surface area contributed by atoms with Gasteiger partial charge in [-0.25, -0.2) is 4.39 Å². The van der Waals surface area contributed by atoms with E-state index in [-0.39, 0.29) is 34.2 Å². The molecular weight excluding hydrogens is 471 g/mol. The standard InChI is InChI=1S/C26H26ClFN4O3/c27-20-7-4-8-21(28)24(20)26(34)32-15-18-13-31(14-19(18)16-32)12-10-22(17-5-2-1-3-6-17)30-25(33)23-9-11-29-35-23/h1-9,11,18-19,22H,10,12-16H2,(H,30,33)/t18?,19?,22-/m0/s1. The van der Waals surface area contributed by atoms with E-state index in [1.807, 2.05) is 30.3 Å². The van der Waals surface area contributed by atoms with E-state index < -0.39 is 5.82 Å². The summed E-state index contributed by atoms with van der Waals surface area (Å²) in [5.41, 5.74) is 0.984. The molecule has 1 aromatic heterocycles. The Kier molecular flexibility index (Phi) is 6.83. The van der Waals surface area contributed by atoms with Gasteiger partial charge in [0.15, 0.2) is 0 Å². The predicted octanol–water partition coefficient (Wildman–Crippen LogP) is 4.03. The zero-order valence-electron chi connectivity index (χ0n) is 19.1. The summed E-state index contributed by atoms with van der Waals surface area (Å²) in [6, 6.07) is 15.5. The lowest BCUT2D eigenvalue weighted by molar-refractivity contribution is 0.0769. The Morgan fingerprint density at radius 3 is 2.46 bits per heavy atom. The van der Waals surface area contributed by atoms with Gasteiger partial charge in [0.1, 0.15) is 5.82 Å². The average Bonchev–Trinajstić information content (AvgIpc) is 3.59. The quantitative estimate of drug-likeness (QED) is 0.534. The van der Waals surface area contributed by atoms with Gasteiger partial charge in [-0.1, -0.05) is 53.2 Å². The normalized spacial score (nSPS) is 20.6. The summed E-state index contributed by atoms with van der Waals surface area (Å²) in [5, 5.41) is 6.82. The van der Waals surface area contributed by atoms with Crippen molar-refractivity contribution in [3.63, 3.8) is 0 Å². The zero-order valence-corrected chi connectivity index (χ0v) is 19.8. The topological polar surface area (TPSA) is 78.7 Å². The maximum atomic E-state index is 14.2. The number of nitrogens with one attached hydrogen (secondary N) is 1. The number of carbonyl (C=O) groups excluding carboxylic acids is 2. The molecule has 35 heavy (non-hydrogen) atoms. The van der Waals surface area contributed by atoms with Gasteiger partial charge in [0.25, 0.3) is 11.8 Å². The van der Waals surface area contributed by atoms with Crippen LogP contribution in [0.5, 0.6) is 0 Å². The van der Waals surface area contributed by atoms with Gasteiger partial charge in [0.05, 0.1) is 22.8 Å². The van der Waals surface area contributed by atoms with Crippen LogP contribution in [0.15, 0.2) is 65.3 Å². The molecule has 7 nitrogen and oxygen atoms in total. The van der Waals surface area contributed by atoms with Crippen LogP contribution in [0, 0.1) is 17.7 Å². The summed E-state index contributed by atoms with van der Waals surface area (Å²) in [6.45, 7) is 3.70. The molecule has 0 bridgehead atoms. The minimum absolute atomic E-state index is 0.0424. The number of amides is 2. The molecule has 2 amide bonds. The second-order valence-corrected chi connectivity index (χ2v) is 9.60. The Morgan fingerprint density at radius 2 is 1.80 bits per heavy atom. The Bertz CT molecular complexity index is 1160. The van der Waals surface area contributed by atoms with E-state index in [1.54, 1.807) is 17.0 Å². The van der Waals surface area contributed by atoms with Crippen molar-refractivity contribution in [3.05, 3.63) is 88.5 Å². The molecule has 2 saturated heterocycles. The molecule has 2 fully saturated rings. The number of halogens is 2. The van der Waals surface area contributed by atoms with Crippen LogP contribution in [-0.4, -0.2) is 59.5 Å². The Labute approximate surface area is 207 Å². The van der Waals surface area contributed by atoms with Gasteiger partial charge in [-0.15, -0.1) is 0 Å². The fraction of sp³-hybridized carbons (Fsp3) is 0.346. The van der Waals surface area contributed by atoms with Crippen LogP contribution in [0.25, 0.3) is 0 Å². The SMILES string of the molecule is O=C(N[C@@H](CCN1CC2CN(C(=O)c3c(F)cccc3Cl)CC2C1)c1ccccc1)c1ccno1. The third-order valence-electron chi connectivity index (χ3n) is 6.93. The molecule has 5 rings (SSSR count). The fourth-order valence-electron chi connectivity index (χ4n) is 5.18. The minimum Gasteiger partial charge on any atom is -0.351 e. The number of rotatable bonds is 7. The number of fused-ring (bicyclic) bond motifs is 1. The molecule has 2 aliphatic heterocycles. The summed E-state index contributed by atoms with van der Waals surface area (Å²) in [7, 11) is 0. The number of nitrogens with zero attached hydrogens (tertiary/aromatic N) is 3. The van der Waals surface area contributed by atoms with E-state index in [2.05, 4.69) is 15.4 Å². The van der Waals surface area contributed by atoms with Gasteiger partial charge >= 0.3 is 0 Å². The van der Waals surface area contributed by atoms with Crippen molar-refractivity contribution in [2.75, 3.05) is 32.7 Å². The lowest BCUT2D eigenvalue weighted by Crippen LogP contribution is -2.35. The van der Waals surface area contributed by atoms with Crippen LogP contribution in [0.2, 0.25) is 5.02 Å². The van der Waals surface area contributed by atoms with E-state index in [4.69, 9.17) is 16.1 Å². The molecular formula is C26H26ClFN4O3. The Morgan fingerprint density at radius 1 is 1.06 bits per heavy atom. The van der Waals surface area contributed by atoms with E-state index in [1.165, 1.54) is 18.3 Å². The summed E-state index contributed by atoms with van der Waals surface area (Å²) in [6.07, 6.45) is 2.18. The second kappa shape index (κ2) is 10.2. The molecule has 2 aromatic carbocycles. The predicted molar refractivity (Wildman–Crippen MR) is 129 cm³/mol. The summed E-state index contributed by atoms with van der Waals surface area (Å²) in [4.78, 5) is 29.6. The largest absolute Gasteiger partial charge is 0.351 e. The molecule has 182 valence electrons. The monoisotopic (exact) mass is 496 g/mol. The Hall–Kier alpha value is -3.23. The van der Waals surface area contributed by atoms with E-state index >= 15 is 0 Å². The maximum absolute atomic E-state index is 14.2. The van der Waals surface area contributed by atoms with Gasteiger partial charge in [-0.3, -0.25) is 9.59 Å². The van der Waals surface area contributed by atoms with Gasteiger partial charge in [-0.2, -0.15) is 0 Å². The van der Waals surface area contributed by atoms with Crippen molar-refractivity contribution >= 4 is 23.4 Å². The number of benzene rings is 2. The van der Waals surface area contributed by atoms with Gasteiger partial charge in [0.2, 0.25) is 5.76 Å². The first-order valence-electron chi connectivity index (χ1n) is 11.7. The van der Waals surface area contributed by atoms with E-state index in [0.717, 1.165) is 31.6 Å². The van der Waals surface area contributed by atoms with Crippen LogP contribution < -0.4 is 5.32 Å². The number of aromatic nitrogens is 1. The Balaban J connectivity index is 1.18. The molecule has 2 unspecified atom stereocenters. The summed E-state index contributed by atoms with van der Waals surface area (Å²) < 4.78 is 19.2. The lowest BCUT2D eigenvalue weighted by atomic mass is 10.0. The van der Waals surface area contributed by atoms with Crippen molar-refractivity contribution in [2.45, 2.75) is 12.5 Å². The highest BCUT2D eigenvalue weighted by atomic mass is 35.5. The highest BCUT2D eigenvalue weighted by molar-refractivity contribution is 6.33. The number of hydrogen-bond acceptors (Lipinski definition) is 5. The second-order valence-electron chi connectivity index (χ2n) is 9.19. The van der Waals surface area contributed by atoms with Crippen LogP contribution in [-0.2, 0) is 0 Å². The van der Waals surface area contributed by atoms with Gasteiger partial charge in [0, 0.05) is 38.8 Å². The molecule has 1 N–H and O–H groups in total. The molecule has 2 aliphatic rings. The minimum atomic E-state index is -0.583. The van der Waals surface area contributed by atoms with E-state index in [9.17, 15) is 14.0 Å². The number of carbonyl (C=O) groups is 2. The van der Waals surface area contributed by atoms with Crippen LogP contribution in [0.3, 0.4) is 0 Å². The number of likely N-dealkylation sites (tertiary alicyclic amines) is 2. The first-order chi connectivity index (χ1) is 17.0. The third-order valence-corrected chi connectivity index (χ3v) is 7.24. The van der Waals surface area contributed by atoms with E-state index in [0.29, 0.717) is 24.9 Å². The molecule has 0 radical (unpaired) electrons. The first kappa shape index (κ1) is 23.5. The summed E-state index contributed by atoms with van der Waals surface area (Å²) >= 11 is 6.10. The van der Waals surface area contributed by atoms with Gasteiger partial charge in [-0.05, 0) is 36.0 Å². The van der Waals surface area contributed by atoms with Crippen molar-refractivity contribution < 1.29 is 18.5 Å². The molecule has 3 heterocycles. The molecule has 3 aromatic rings. The average molecular weight is 497 g/mol. The maximum Gasteiger partial charge on any atom is 0.290 e. The molecule has 0 aliphatic carbocycles. The number of hydrogen-bond donors (Lipinski definition) is 1. The lowest BCUT2D eigenvalue weighted by Gasteiger charge is -2.25. The van der Waals surface area contributed by atoms with Gasteiger partial charge < -0.3 is 19.6 Å². The molecule has 3 atom stereocenters. The zero-order chi connectivity index (χ0) is 24.4. The van der Waals surface area contributed by atoms with Crippen LogP contribution in [0.1, 0.15) is 38.9 Å². The van der Waals surface area contributed by atoms with Crippen molar-refractivity contribution in [1.29, 1.82) is 0 Å². The third kappa shape index (κ3) is 5.09. The van der Waals surface area contributed by atoms with Crippen molar-refractivity contribution in [2.24, 2.45) is 11.8 Å².